The lowest BCUT2D eigenvalue weighted by molar-refractivity contribution is 0.0263. The number of hydrogen-bond donors (Lipinski definition) is 1. The Hall–Kier alpha value is -2.34. The molecule has 1 aromatic carbocycles. The minimum absolute atomic E-state index is 0.396. The first-order chi connectivity index (χ1) is 13.3. The van der Waals surface area contributed by atoms with Gasteiger partial charge in [-0.15, -0.1) is 0 Å². The number of aromatic nitrogens is 2. The van der Waals surface area contributed by atoms with Crippen LogP contribution in [0.4, 0.5) is 0 Å². The Labute approximate surface area is 162 Å². The fraction of sp³-hybridized carbons (Fsp3) is 0.524. The molecule has 0 aliphatic carbocycles. The van der Waals surface area contributed by atoms with Gasteiger partial charge in [0.15, 0.2) is 5.96 Å². The van der Waals surface area contributed by atoms with Gasteiger partial charge in [-0.05, 0) is 43.9 Å². The molecular weight excluding hydrogens is 338 g/mol. The van der Waals surface area contributed by atoms with Crippen LogP contribution in [0.1, 0.15) is 37.8 Å². The van der Waals surface area contributed by atoms with E-state index in [4.69, 9.17) is 9.73 Å². The van der Waals surface area contributed by atoms with Crippen LogP contribution in [0.2, 0.25) is 0 Å². The smallest absolute Gasteiger partial charge is 0.194 e. The number of rotatable bonds is 7. The number of guanidine groups is 1. The standard InChI is InChI=1S/C21H31N5O/c1-3-22-21(25-13-9-20(10-14-25)27-4-2)23-16-18-7-5-8-19(15-18)17-26-12-6-11-24-26/h5-8,11-12,15,20H,3-4,9-10,13-14,16-17H2,1-2H3,(H,22,23). The molecule has 146 valence electrons. The maximum Gasteiger partial charge on any atom is 0.194 e. The number of likely N-dealkylation sites (tertiary alicyclic amines) is 1. The van der Waals surface area contributed by atoms with E-state index < -0.39 is 0 Å². The Bertz CT molecular complexity index is 705. The van der Waals surface area contributed by atoms with Crippen molar-refractivity contribution in [3.05, 3.63) is 53.9 Å². The van der Waals surface area contributed by atoms with Crippen LogP contribution in [0.3, 0.4) is 0 Å². The van der Waals surface area contributed by atoms with Crippen LogP contribution in [0.15, 0.2) is 47.7 Å². The van der Waals surface area contributed by atoms with Gasteiger partial charge in [-0.25, -0.2) is 4.99 Å². The van der Waals surface area contributed by atoms with Crippen LogP contribution in [-0.2, 0) is 17.8 Å². The summed E-state index contributed by atoms with van der Waals surface area (Å²) in [6, 6.07) is 10.5. The third kappa shape index (κ3) is 5.82. The van der Waals surface area contributed by atoms with Gasteiger partial charge in [0.1, 0.15) is 0 Å². The van der Waals surface area contributed by atoms with Crippen molar-refractivity contribution in [2.24, 2.45) is 4.99 Å². The molecule has 0 saturated carbocycles. The van der Waals surface area contributed by atoms with E-state index in [0.717, 1.165) is 51.6 Å². The average molecular weight is 370 g/mol. The number of piperidine rings is 1. The van der Waals surface area contributed by atoms with Crippen molar-refractivity contribution in [2.75, 3.05) is 26.2 Å². The molecule has 0 radical (unpaired) electrons. The van der Waals surface area contributed by atoms with Crippen molar-refractivity contribution >= 4 is 5.96 Å². The van der Waals surface area contributed by atoms with E-state index in [2.05, 4.69) is 53.4 Å². The fourth-order valence-corrected chi connectivity index (χ4v) is 3.47. The van der Waals surface area contributed by atoms with Crippen molar-refractivity contribution in [1.29, 1.82) is 0 Å². The van der Waals surface area contributed by atoms with Gasteiger partial charge in [0, 0.05) is 38.6 Å². The van der Waals surface area contributed by atoms with Gasteiger partial charge in [-0.3, -0.25) is 4.68 Å². The van der Waals surface area contributed by atoms with Gasteiger partial charge in [-0.1, -0.05) is 24.3 Å². The second-order valence-electron chi connectivity index (χ2n) is 6.84. The largest absolute Gasteiger partial charge is 0.378 e. The summed E-state index contributed by atoms with van der Waals surface area (Å²) in [5.74, 6) is 1.00. The highest BCUT2D eigenvalue weighted by atomic mass is 16.5. The van der Waals surface area contributed by atoms with E-state index in [-0.39, 0.29) is 0 Å². The molecule has 2 aromatic rings. The molecule has 1 aliphatic rings. The van der Waals surface area contributed by atoms with E-state index in [1.807, 2.05) is 23.1 Å². The lowest BCUT2D eigenvalue weighted by Gasteiger charge is -2.34. The zero-order valence-electron chi connectivity index (χ0n) is 16.5. The summed E-state index contributed by atoms with van der Waals surface area (Å²) in [4.78, 5) is 7.24. The third-order valence-electron chi connectivity index (χ3n) is 4.79. The van der Waals surface area contributed by atoms with Crippen LogP contribution >= 0.6 is 0 Å². The van der Waals surface area contributed by atoms with E-state index >= 15 is 0 Å². The molecular formula is C21H31N5O. The Morgan fingerprint density at radius 1 is 1.22 bits per heavy atom. The molecule has 0 bridgehead atoms. The summed E-state index contributed by atoms with van der Waals surface area (Å²) >= 11 is 0. The van der Waals surface area contributed by atoms with Gasteiger partial charge in [0.05, 0.1) is 19.2 Å². The van der Waals surface area contributed by atoms with Crippen molar-refractivity contribution in [1.82, 2.24) is 20.0 Å². The highest BCUT2D eigenvalue weighted by Gasteiger charge is 2.21. The molecule has 3 rings (SSSR count). The molecule has 1 aromatic heterocycles. The summed E-state index contributed by atoms with van der Waals surface area (Å²) in [6.07, 6.45) is 6.33. The van der Waals surface area contributed by atoms with E-state index in [9.17, 15) is 0 Å². The van der Waals surface area contributed by atoms with Crippen molar-refractivity contribution < 1.29 is 4.74 Å². The second kappa shape index (κ2) is 10.1. The van der Waals surface area contributed by atoms with Crippen LogP contribution in [0.25, 0.3) is 0 Å². The predicted molar refractivity (Wildman–Crippen MR) is 109 cm³/mol. The number of hydrogen-bond acceptors (Lipinski definition) is 3. The quantitative estimate of drug-likeness (QED) is 0.602. The monoisotopic (exact) mass is 369 g/mol. The van der Waals surface area contributed by atoms with Crippen LogP contribution in [0, 0.1) is 0 Å². The first kappa shape index (κ1) is 19.4. The number of nitrogens with one attached hydrogen (secondary N) is 1. The molecule has 1 fully saturated rings. The maximum atomic E-state index is 5.76. The van der Waals surface area contributed by atoms with Gasteiger partial charge >= 0.3 is 0 Å². The number of nitrogens with zero attached hydrogens (tertiary/aromatic N) is 4. The van der Waals surface area contributed by atoms with Gasteiger partial charge in [-0.2, -0.15) is 5.10 Å². The highest BCUT2D eigenvalue weighted by molar-refractivity contribution is 5.80. The Kier molecular flexibility index (Phi) is 7.27. The summed E-state index contributed by atoms with van der Waals surface area (Å²) in [5, 5.41) is 7.72. The molecule has 6 heteroatoms. The van der Waals surface area contributed by atoms with Crippen molar-refractivity contribution in [2.45, 2.75) is 45.9 Å². The second-order valence-corrected chi connectivity index (χ2v) is 6.84. The molecule has 0 atom stereocenters. The minimum atomic E-state index is 0.396. The zero-order valence-corrected chi connectivity index (χ0v) is 16.5. The number of benzene rings is 1. The van der Waals surface area contributed by atoms with E-state index in [0.29, 0.717) is 12.6 Å². The topological polar surface area (TPSA) is 54.7 Å². The molecule has 0 unspecified atom stereocenters. The normalized spacial score (nSPS) is 15.9. The first-order valence-electron chi connectivity index (χ1n) is 9.98. The summed E-state index contributed by atoms with van der Waals surface area (Å²) in [6.45, 7) is 9.32. The first-order valence-corrected chi connectivity index (χ1v) is 9.98. The Balaban J connectivity index is 1.61. The average Bonchev–Trinajstić information content (AvgIpc) is 3.19. The summed E-state index contributed by atoms with van der Waals surface area (Å²) in [7, 11) is 0. The minimum Gasteiger partial charge on any atom is -0.378 e. The SMILES string of the molecule is CCNC(=NCc1cccc(Cn2cccn2)c1)N1CCC(OCC)CC1. The summed E-state index contributed by atoms with van der Waals surface area (Å²) in [5.41, 5.74) is 2.47. The maximum absolute atomic E-state index is 5.76. The zero-order chi connectivity index (χ0) is 18.9. The fourth-order valence-electron chi connectivity index (χ4n) is 3.47. The highest BCUT2D eigenvalue weighted by Crippen LogP contribution is 2.14. The van der Waals surface area contributed by atoms with Gasteiger partial charge < -0.3 is 15.0 Å². The van der Waals surface area contributed by atoms with Crippen molar-refractivity contribution in [3.63, 3.8) is 0 Å². The number of ether oxygens (including phenoxy) is 1. The predicted octanol–water partition coefficient (Wildman–Crippen LogP) is 2.90. The van der Waals surface area contributed by atoms with Crippen LogP contribution in [0.5, 0.6) is 0 Å². The lowest BCUT2D eigenvalue weighted by atomic mass is 10.1. The molecule has 2 heterocycles. The molecule has 0 amide bonds. The molecule has 1 N–H and O–H groups in total. The molecule has 27 heavy (non-hydrogen) atoms. The van der Waals surface area contributed by atoms with Crippen molar-refractivity contribution in [3.8, 4) is 0 Å². The van der Waals surface area contributed by atoms with Gasteiger partial charge in [0.25, 0.3) is 0 Å². The van der Waals surface area contributed by atoms with Gasteiger partial charge in [0.2, 0.25) is 0 Å². The number of aliphatic imine (C=N–C) groups is 1. The molecule has 0 spiro atoms. The molecule has 1 aliphatic heterocycles. The molecule has 6 nitrogen and oxygen atoms in total. The molecule has 1 saturated heterocycles. The third-order valence-corrected chi connectivity index (χ3v) is 4.79. The van der Waals surface area contributed by atoms with Crippen LogP contribution in [-0.4, -0.2) is 53.0 Å². The van der Waals surface area contributed by atoms with E-state index in [1.165, 1.54) is 11.1 Å². The summed E-state index contributed by atoms with van der Waals surface area (Å²) < 4.78 is 7.70. The van der Waals surface area contributed by atoms with Crippen LogP contribution < -0.4 is 5.32 Å². The van der Waals surface area contributed by atoms with E-state index in [1.54, 1.807) is 0 Å². The lowest BCUT2D eigenvalue weighted by Crippen LogP contribution is -2.47. The Morgan fingerprint density at radius 2 is 2.04 bits per heavy atom. The Morgan fingerprint density at radius 3 is 2.74 bits per heavy atom.